The van der Waals surface area contributed by atoms with Gasteiger partial charge in [-0.1, -0.05) is 18.2 Å². The molecule has 3 aromatic rings. The molecule has 19 heavy (non-hydrogen) atoms. The van der Waals surface area contributed by atoms with Crippen LogP contribution in [-0.2, 0) is 13.0 Å². The summed E-state index contributed by atoms with van der Waals surface area (Å²) in [5, 5.41) is 7.19. The second-order valence-corrected chi connectivity index (χ2v) is 7.85. The molecule has 0 aliphatic carbocycles. The fraction of sp³-hybridized carbons (Fsp3) is 0.200. The summed E-state index contributed by atoms with van der Waals surface area (Å²) in [6.45, 7) is 1.98. The molecule has 0 spiro atoms. The standard InChI is InChI=1S/C15H14BrNS2/c16-15-6-5-12(19-15)7-8-17-9-11-10-18-14-4-2-1-3-13(11)14/h1-6,10,17H,7-9H2. The Morgan fingerprint density at radius 2 is 2.00 bits per heavy atom. The highest BCUT2D eigenvalue weighted by atomic mass is 79.9. The lowest BCUT2D eigenvalue weighted by molar-refractivity contribution is 0.694. The van der Waals surface area contributed by atoms with Gasteiger partial charge < -0.3 is 5.32 Å². The quantitative estimate of drug-likeness (QED) is 0.633. The lowest BCUT2D eigenvalue weighted by Gasteiger charge is -2.03. The third-order valence-electron chi connectivity index (χ3n) is 3.05. The number of hydrogen-bond acceptors (Lipinski definition) is 3. The Morgan fingerprint density at radius 1 is 1.11 bits per heavy atom. The first kappa shape index (κ1) is 13.3. The number of nitrogens with one attached hydrogen (secondary N) is 1. The molecule has 0 aliphatic rings. The van der Waals surface area contributed by atoms with Crippen LogP contribution in [0.25, 0.3) is 10.1 Å². The molecule has 0 amide bonds. The van der Waals surface area contributed by atoms with Crippen molar-refractivity contribution in [1.82, 2.24) is 5.32 Å². The molecule has 0 aliphatic heterocycles. The van der Waals surface area contributed by atoms with Crippen LogP contribution in [0.2, 0.25) is 0 Å². The van der Waals surface area contributed by atoms with E-state index < -0.39 is 0 Å². The van der Waals surface area contributed by atoms with E-state index in [0.29, 0.717) is 0 Å². The molecular formula is C15H14BrNS2. The molecule has 0 atom stereocenters. The topological polar surface area (TPSA) is 12.0 Å². The van der Waals surface area contributed by atoms with Gasteiger partial charge in [0.25, 0.3) is 0 Å². The summed E-state index contributed by atoms with van der Waals surface area (Å²) in [7, 11) is 0. The molecule has 0 radical (unpaired) electrons. The summed E-state index contributed by atoms with van der Waals surface area (Å²) < 4.78 is 2.59. The first-order valence-electron chi connectivity index (χ1n) is 6.23. The molecule has 1 N–H and O–H groups in total. The van der Waals surface area contributed by atoms with Crippen molar-refractivity contribution >= 4 is 48.7 Å². The van der Waals surface area contributed by atoms with E-state index >= 15 is 0 Å². The molecule has 2 aromatic heterocycles. The Bertz CT molecular complexity index is 671. The van der Waals surface area contributed by atoms with Crippen molar-refractivity contribution in [1.29, 1.82) is 0 Å². The molecule has 3 rings (SSSR count). The van der Waals surface area contributed by atoms with Gasteiger partial charge in [0.05, 0.1) is 3.79 Å². The van der Waals surface area contributed by atoms with E-state index in [0.717, 1.165) is 19.5 Å². The minimum Gasteiger partial charge on any atom is -0.312 e. The SMILES string of the molecule is Brc1ccc(CCNCc2csc3ccccc23)s1. The Labute approximate surface area is 129 Å². The van der Waals surface area contributed by atoms with Crippen molar-refractivity contribution in [3.05, 3.63) is 56.0 Å². The Balaban J connectivity index is 1.55. The van der Waals surface area contributed by atoms with Crippen molar-refractivity contribution in [2.45, 2.75) is 13.0 Å². The lowest BCUT2D eigenvalue weighted by atomic mass is 10.2. The molecule has 0 fully saturated rings. The van der Waals surface area contributed by atoms with Crippen LogP contribution >= 0.6 is 38.6 Å². The number of benzene rings is 1. The number of fused-ring (bicyclic) bond motifs is 1. The second kappa shape index (κ2) is 6.18. The summed E-state index contributed by atoms with van der Waals surface area (Å²) in [6.07, 6.45) is 1.10. The first-order chi connectivity index (χ1) is 9.33. The molecule has 1 aromatic carbocycles. The van der Waals surface area contributed by atoms with Crippen molar-refractivity contribution in [3.8, 4) is 0 Å². The van der Waals surface area contributed by atoms with E-state index in [1.165, 1.54) is 24.3 Å². The molecule has 4 heteroatoms. The van der Waals surface area contributed by atoms with Gasteiger partial charge in [-0.15, -0.1) is 22.7 Å². The summed E-state index contributed by atoms with van der Waals surface area (Å²) in [6, 6.07) is 12.9. The maximum atomic E-state index is 3.54. The van der Waals surface area contributed by atoms with E-state index in [1.54, 1.807) is 0 Å². The van der Waals surface area contributed by atoms with Crippen LogP contribution in [0.3, 0.4) is 0 Å². The fourth-order valence-electron chi connectivity index (χ4n) is 2.09. The zero-order valence-electron chi connectivity index (χ0n) is 10.4. The van der Waals surface area contributed by atoms with Crippen molar-refractivity contribution in [3.63, 3.8) is 0 Å². The van der Waals surface area contributed by atoms with Gasteiger partial charge in [0.2, 0.25) is 0 Å². The average molecular weight is 352 g/mol. The molecule has 0 bridgehead atoms. The molecule has 0 saturated heterocycles. The van der Waals surface area contributed by atoms with Crippen molar-refractivity contribution in [2.75, 3.05) is 6.54 Å². The largest absolute Gasteiger partial charge is 0.312 e. The molecule has 2 heterocycles. The normalized spacial score (nSPS) is 11.2. The van der Waals surface area contributed by atoms with Crippen LogP contribution in [0.15, 0.2) is 45.6 Å². The van der Waals surface area contributed by atoms with Crippen molar-refractivity contribution in [2.24, 2.45) is 0 Å². The van der Waals surface area contributed by atoms with Crippen LogP contribution in [0, 0.1) is 0 Å². The number of halogens is 1. The van der Waals surface area contributed by atoms with E-state index in [9.17, 15) is 0 Å². The van der Waals surface area contributed by atoms with Gasteiger partial charge in [0.15, 0.2) is 0 Å². The van der Waals surface area contributed by atoms with Gasteiger partial charge in [-0.3, -0.25) is 0 Å². The predicted octanol–water partition coefficient (Wildman–Crippen LogP) is 5.06. The maximum Gasteiger partial charge on any atom is 0.0701 e. The molecule has 0 unspecified atom stereocenters. The van der Waals surface area contributed by atoms with Crippen molar-refractivity contribution < 1.29 is 0 Å². The highest BCUT2D eigenvalue weighted by Gasteiger charge is 2.03. The van der Waals surface area contributed by atoms with Crippen LogP contribution in [0.5, 0.6) is 0 Å². The minimum atomic E-state index is 0.955. The smallest absolute Gasteiger partial charge is 0.0701 e. The van der Waals surface area contributed by atoms with Crippen LogP contribution in [-0.4, -0.2) is 6.54 Å². The second-order valence-electron chi connectivity index (χ2n) is 4.39. The molecule has 98 valence electrons. The van der Waals surface area contributed by atoms with Gasteiger partial charge in [-0.25, -0.2) is 0 Å². The third-order valence-corrected chi connectivity index (χ3v) is 5.75. The zero-order chi connectivity index (χ0) is 13.1. The van der Waals surface area contributed by atoms with Gasteiger partial charge in [0, 0.05) is 22.7 Å². The fourth-order valence-corrected chi connectivity index (χ4v) is 4.54. The van der Waals surface area contributed by atoms with E-state index in [2.05, 4.69) is 63.0 Å². The minimum absolute atomic E-state index is 0.955. The number of hydrogen-bond donors (Lipinski definition) is 1. The van der Waals surface area contributed by atoms with E-state index in [1.807, 2.05) is 22.7 Å². The predicted molar refractivity (Wildman–Crippen MR) is 89.3 cm³/mol. The van der Waals surface area contributed by atoms with Crippen LogP contribution in [0.4, 0.5) is 0 Å². The van der Waals surface area contributed by atoms with Gasteiger partial charge in [-0.05, 0) is 56.9 Å². The molecule has 0 saturated carbocycles. The van der Waals surface area contributed by atoms with Gasteiger partial charge in [0.1, 0.15) is 0 Å². The summed E-state index contributed by atoms with van der Waals surface area (Å²) >= 11 is 7.14. The zero-order valence-corrected chi connectivity index (χ0v) is 13.6. The van der Waals surface area contributed by atoms with E-state index in [-0.39, 0.29) is 0 Å². The number of thiophene rings is 2. The first-order valence-corrected chi connectivity index (χ1v) is 8.72. The monoisotopic (exact) mass is 351 g/mol. The average Bonchev–Trinajstić information content (AvgIpc) is 3.02. The van der Waals surface area contributed by atoms with Crippen LogP contribution < -0.4 is 5.32 Å². The number of rotatable bonds is 5. The summed E-state index contributed by atoms with van der Waals surface area (Å²) in [5.41, 5.74) is 1.41. The highest BCUT2D eigenvalue weighted by Crippen LogP contribution is 2.25. The Morgan fingerprint density at radius 3 is 2.84 bits per heavy atom. The maximum absolute atomic E-state index is 3.54. The summed E-state index contributed by atoms with van der Waals surface area (Å²) in [5.74, 6) is 0. The Hall–Kier alpha value is -0.680. The molecular weight excluding hydrogens is 338 g/mol. The highest BCUT2D eigenvalue weighted by molar-refractivity contribution is 9.11. The van der Waals surface area contributed by atoms with Crippen LogP contribution in [0.1, 0.15) is 10.4 Å². The van der Waals surface area contributed by atoms with E-state index in [4.69, 9.17) is 0 Å². The molecule has 1 nitrogen and oxygen atoms in total. The van der Waals surface area contributed by atoms with Gasteiger partial charge >= 0.3 is 0 Å². The lowest BCUT2D eigenvalue weighted by Crippen LogP contribution is -2.15. The summed E-state index contributed by atoms with van der Waals surface area (Å²) in [4.78, 5) is 1.43. The Kier molecular flexibility index (Phi) is 4.33. The van der Waals surface area contributed by atoms with Gasteiger partial charge in [-0.2, -0.15) is 0 Å². The third kappa shape index (κ3) is 3.26.